The average molecular weight is 561 g/mol. The summed E-state index contributed by atoms with van der Waals surface area (Å²) >= 11 is 7.96. The second kappa shape index (κ2) is 9.61. The number of fused-ring (bicyclic) bond motifs is 1. The zero-order valence-corrected chi connectivity index (χ0v) is 22.2. The molecule has 0 amide bonds. The van der Waals surface area contributed by atoms with Crippen molar-refractivity contribution in [1.29, 1.82) is 0 Å². The van der Waals surface area contributed by atoms with Crippen molar-refractivity contribution in [3.05, 3.63) is 74.2 Å². The summed E-state index contributed by atoms with van der Waals surface area (Å²) < 4.78 is 42.4. The molecule has 3 fully saturated rings. The van der Waals surface area contributed by atoms with E-state index < -0.39 is 21.9 Å². The van der Waals surface area contributed by atoms with E-state index in [1.165, 1.54) is 23.5 Å². The normalized spacial score (nSPS) is 24.6. The van der Waals surface area contributed by atoms with Crippen LogP contribution in [0.4, 0.5) is 4.39 Å². The molecule has 2 saturated carbocycles. The van der Waals surface area contributed by atoms with E-state index in [0.717, 1.165) is 18.5 Å². The third kappa shape index (κ3) is 5.09. The lowest BCUT2D eigenvalue weighted by atomic mass is 9.92. The molecule has 8 nitrogen and oxygen atoms in total. The number of amidine groups is 1. The molecule has 1 aromatic heterocycles. The van der Waals surface area contributed by atoms with E-state index in [1.54, 1.807) is 24.6 Å². The molecule has 0 bridgehead atoms. The topological polar surface area (TPSA) is 113 Å². The van der Waals surface area contributed by atoms with Gasteiger partial charge in [0.05, 0.1) is 11.3 Å². The van der Waals surface area contributed by atoms with Gasteiger partial charge in [0.25, 0.3) is 0 Å². The highest BCUT2D eigenvalue weighted by molar-refractivity contribution is 7.90. The number of allylic oxidation sites excluding steroid dienone is 1. The van der Waals surface area contributed by atoms with E-state index >= 15 is 0 Å². The molecule has 2 atom stereocenters. The van der Waals surface area contributed by atoms with Gasteiger partial charge in [-0.15, -0.1) is 11.3 Å². The van der Waals surface area contributed by atoms with Gasteiger partial charge in [0.2, 0.25) is 10.0 Å². The number of rotatable bonds is 8. The number of nitrogens with zero attached hydrogens (tertiary/aromatic N) is 4. The number of aromatic nitrogens is 1. The second-order valence-corrected chi connectivity index (χ2v) is 13.0. The van der Waals surface area contributed by atoms with Gasteiger partial charge >= 0.3 is 0 Å². The van der Waals surface area contributed by atoms with E-state index in [2.05, 4.69) is 14.7 Å². The minimum absolute atomic E-state index is 0.238. The Labute approximate surface area is 223 Å². The van der Waals surface area contributed by atoms with Crippen LogP contribution in [0.2, 0.25) is 5.02 Å². The summed E-state index contributed by atoms with van der Waals surface area (Å²) in [4.78, 5) is 16.0. The number of nitrogens with two attached hydrogens (primary N) is 1. The predicted octanol–water partition coefficient (Wildman–Crippen LogP) is 3.92. The lowest BCUT2D eigenvalue weighted by Crippen LogP contribution is -2.40. The molecule has 0 radical (unpaired) electrons. The first-order valence-electron chi connectivity index (χ1n) is 12.2. The van der Waals surface area contributed by atoms with E-state index in [-0.39, 0.29) is 16.3 Å². The molecule has 6 rings (SSSR count). The number of nitrogens with one attached hydrogen (secondary N) is 1. The second-order valence-electron chi connectivity index (χ2n) is 9.74. The van der Waals surface area contributed by atoms with Crippen molar-refractivity contribution < 1.29 is 12.8 Å². The van der Waals surface area contributed by atoms with Gasteiger partial charge in [0.1, 0.15) is 11.9 Å². The van der Waals surface area contributed by atoms with Crippen LogP contribution < -0.4 is 10.5 Å². The van der Waals surface area contributed by atoms with E-state index in [1.807, 2.05) is 10.3 Å². The van der Waals surface area contributed by atoms with E-state index in [0.29, 0.717) is 59.5 Å². The Hall–Kier alpha value is -2.60. The molecule has 2 aliphatic carbocycles. The van der Waals surface area contributed by atoms with E-state index in [4.69, 9.17) is 22.3 Å². The van der Waals surface area contributed by atoms with Crippen LogP contribution in [0.1, 0.15) is 48.7 Å². The number of sulfonamides is 1. The number of hydrogen-bond acceptors (Lipinski definition) is 8. The minimum atomic E-state index is -3.40. The molecule has 2 aromatic rings. The largest absolute Gasteiger partial charge is 0.398 e. The van der Waals surface area contributed by atoms with Gasteiger partial charge in [-0.3, -0.25) is 9.98 Å². The van der Waals surface area contributed by atoms with Crippen LogP contribution in [-0.4, -0.2) is 54.2 Å². The van der Waals surface area contributed by atoms with Crippen LogP contribution in [0, 0.1) is 5.82 Å². The van der Waals surface area contributed by atoms with Crippen molar-refractivity contribution in [2.24, 2.45) is 15.7 Å². The van der Waals surface area contributed by atoms with Crippen molar-refractivity contribution in [1.82, 2.24) is 14.6 Å². The molecule has 37 heavy (non-hydrogen) atoms. The standard InChI is InChI=1S/C25H26ClFN6O2S2/c26-19-11-14(27)1-6-18(19)23-22(20(28)7-8-29-15-2-3-15)21-12-16(32-37(34,35)17-4-5-17)13-33(21)24(31-23)25-30-9-10-36-25/h1,6-11,15-17,23,32H,2-5,12-13,28H2/t16-,23-/m0/s1. The van der Waals surface area contributed by atoms with Crippen LogP contribution >= 0.6 is 22.9 Å². The maximum absolute atomic E-state index is 13.9. The maximum atomic E-state index is 13.9. The Morgan fingerprint density at radius 2 is 2.11 bits per heavy atom. The van der Waals surface area contributed by atoms with Gasteiger partial charge in [0.15, 0.2) is 10.8 Å². The van der Waals surface area contributed by atoms with Crippen molar-refractivity contribution in [2.45, 2.75) is 55.5 Å². The molecule has 12 heteroatoms. The Bertz CT molecular complexity index is 1450. The van der Waals surface area contributed by atoms with Gasteiger partial charge < -0.3 is 10.6 Å². The fraction of sp³-hybridized carbons (Fsp3) is 0.400. The van der Waals surface area contributed by atoms with Gasteiger partial charge in [-0.25, -0.2) is 22.5 Å². The molecule has 0 spiro atoms. The van der Waals surface area contributed by atoms with Crippen molar-refractivity contribution in [3.8, 4) is 0 Å². The summed E-state index contributed by atoms with van der Waals surface area (Å²) in [5.74, 6) is 0.173. The molecule has 2 aliphatic heterocycles. The highest BCUT2D eigenvalue weighted by atomic mass is 35.5. The van der Waals surface area contributed by atoms with Crippen LogP contribution in [0.25, 0.3) is 0 Å². The molecule has 3 N–H and O–H groups in total. The van der Waals surface area contributed by atoms with Crippen molar-refractivity contribution >= 4 is 45.0 Å². The first kappa shape index (κ1) is 24.7. The minimum Gasteiger partial charge on any atom is -0.398 e. The third-order valence-corrected chi connectivity index (χ3v) is 9.95. The summed E-state index contributed by atoms with van der Waals surface area (Å²) in [5, 5.41) is 2.48. The molecule has 3 heterocycles. The van der Waals surface area contributed by atoms with Crippen LogP contribution in [0.5, 0.6) is 0 Å². The molecular weight excluding hydrogens is 535 g/mol. The zero-order valence-electron chi connectivity index (χ0n) is 19.8. The molecule has 1 aromatic carbocycles. The van der Waals surface area contributed by atoms with Crippen molar-refractivity contribution in [2.75, 3.05) is 6.54 Å². The number of aliphatic imine (C=N–C) groups is 2. The highest BCUT2D eigenvalue weighted by Crippen LogP contribution is 2.44. The monoisotopic (exact) mass is 560 g/mol. The van der Waals surface area contributed by atoms with Gasteiger partial charge in [-0.05, 0) is 43.9 Å². The van der Waals surface area contributed by atoms with Crippen LogP contribution in [-0.2, 0) is 10.0 Å². The fourth-order valence-corrected chi connectivity index (χ4v) is 7.23. The molecule has 4 aliphatic rings. The Morgan fingerprint density at radius 1 is 1.30 bits per heavy atom. The fourth-order valence-electron chi connectivity index (χ4n) is 4.74. The SMILES string of the molecule is NC(=CC=NC1CC1)C1=C2C[C@H](NS(=O)(=O)C3CC3)CN2C(c2nccs2)=N[C@H]1c1ccc(F)cc1Cl. The quantitative estimate of drug-likeness (QED) is 0.475. The Kier molecular flexibility index (Phi) is 6.42. The van der Waals surface area contributed by atoms with Gasteiger partial charge in [-0.1, -0.05) is 17.7 Å². The first-order valence-corrected chi connectivity index (χ1v) is 15.0. The summed E-state index contributed by atoms with van der Waals surface area (Å²) in [7, 11) is -3.40. The molecule has 194 valence electrons. The lowest BCUT2D eigenvalue weighted by molar-refractivity contribution is 0.511. The van der Waals surface area contributed by atoms with Crippen LogP contribution in [0.15, 0.2) is 62.8 Å². The Balaban J connectivity index is 1.46. The predicted molar refractivity (Wildman–Crippen MR) is 144 cm³/mol. The summed E-state index contributed by atoms with van der Waals surface area (Å²) in [6.45, 7) is 0.399. The van der Waals surface area contributed by atoms with Crippen molar-refractivity contribution in [3.63, 3.8) is 0 Å². The average Bonchev–Trinajstić information content (AvgIpc) is 3.77. The Morgan fingerprint density at radius 3 is 2.78 bits per heavy atom. The summed E-state index contributed by atoms with van der Waals surface area (Å²) in [5.41, 5.74) is 9.29. The number of halogens is 2. The highest BCUT2D eigenvalue weighted by Gasteiger charge is 2.43. The summed E-state index contributed by atoms with van der Waals surface area (Å²) in [6.07, 6.45) is 9.13. The lowest BCUT2D eigenvalue weighted by Gasteiger charge is -2.33. The van der Waals surface area contributed by atoms with Gasteiger partial charge in [0, 0.05) is 64.4 Å². The number of hydrogen-bond donors (Lipinski definition) is 2. The summed E-state index contributed by atoms with van der Waals surface area (Å²) in [6, 6.07) is 3.60. The number of thiazole rings is 1. The molecule has 0 unspecified atom stereocenters. The molecule has 1 saturated heterocycles. The smallest absolute Gasteiger partial charge is 0.214 e. The number of benzene rings is 1. The van der Waals surface area contributed by atoms with E-state index in [9.17, 15) is 12.8 Å². The van der Waals surface area contributed by atoms with Crippen LogP contribution in [0.3, 0.4) is 0 Å². The third-order valence-electron chi connectivity index (χ3n) is 6.84. The van der Waals surface area contributed by atoms with Gasteiger partial charge in [-0.2, -0.15) is 0 Å². The zero-order chi connectivity index (χ0) is 25.7. The molecular formula is C25H26ClFN6O2S2. The maximum Gasteiger partial charge on any atom is 0.214 e. The first-order chi connectivity index (χ1) is 17.8.